The highest BCUT2D eigenvalue weighted by molar-refractivity contribution is 6.04. The molecule has 4 rings (SSSR count). The number of amides is 1. The first-order valence-electron chi connectivity index (χ1n) is 11.0. The molecule has 2 aromatic carbocycles. The minimum atomic E-state index is -4.58. The maximum absolute atomic E-state index is 13.8. The highest BCUT2D eigenvalue weighted by Gasteiger charge is 2.32. The van der Waals surface area contributed by atoms with Crippen molar-refractivity contribution in [3.8, 4) is 0 Å². The second-order valence-corrected chi connectivity index (χ2v) is 8.23. The fourth-order valence-electron chi connectivity index (χ4n) is 4.37. The predicted octanol–water partition coefficient (Wildman–Crippen LogP) is 5.74. The Kier molecular flexibility index (Phi) is 6.58. The van der Waals surface area contributed by atoms with Gasteiger partial charge in [-0.25, -0.2) is 9.37 Å². The van der Waals surface area contributed by atoms with Gasteiger partial charge in [-0.3, -0.25) is 14.9 Å². The second-order valence-electron chi connectivity index (χ2n) is 8.23. The zero-order valence-corrected chi connectivity index (χ0v) is 18.4. The van der Waals surface area contributed by atoms with Crippen LogP contribution in [0.15, 0.2) is 42.5 Å². The molecule has 0 unspecified atom stereocenters. The number of rotatable bonds is 5. The van der Waals surface area contributed by atoms with E-state index in [-0.39, 0.29) is 29.4 Å². The molecule has 1 heterocycles. The molecule has 0 atom stereocenters. The topological polar surface area (TPSA) is 73.2 Å². The zero-order valence-electron chi connectivity index (χ0n) is 18.4. The summed E-state index contributed by atoms with van der Waals surface area (Å²) in [6, 6.07) is 8.02. The van der Waals surface area contributed by atoms with Crippen LogP contribution in [0, 0.1) is 11.7 Å². The normalized spacial score (nSPS) is 18.6. The Bertz CT molecular complexity index is 1210. The molecular formula is C24H23F4N3O3. The maximum Gasteiger partial charge on any atom is 0.416 e. The number of imidazole rings is 1. The molecule has 6 nitrogen and oxygen atoms in total. The fraction of sp³-hybridized carbons (Fsp3) is 0.375. The number of esters is 1. The quantitative estimate of drug-likeness (QED) is 0.376. The highest BCUT2D eigenvalue weighted by atomic mass is 19.4. The third-order valence-corrected chi connectivity index (χ3v) is 6.01. The summed E-state index contributed by atoms with van der Waals surface area (Å²) in [6.07, 6.45) is -2.24. The summed E-state index contributed by atoms with van der Waals surface area (Å²) in [5.41, 5.74) is -0.217. The lowest BCUT2D eigenvalue weighted by Crippen LogP contribution is -2.26. The van der Waals surface area contributed by atoms with Crippen molar-refractivity contribution < 1.29 is 31.9 Å². The average molecular weight is 477 g/mol. The largest absolute Gasteiger partial charge is 0.466 e. The van der Waals surface area contributed by atoms with Crippen LogP contribution in [-0.4, -0.2) is 28.0 Å². The van der Waals surface area contributed by atoms with Crippen molar-refractivity contribution in [3.63, 3.8) is 0 Å². The molecule has 0 saturated heterocycles. The Labute approximate surface area is 192 Å². The summed E-state index contributed by atoms with van der Waals surface area (Å²) in [7, 11) is 0. The van der Waals surface area contributed by atoms with Gasteiger partial charge >= 0.3 is 12.1 Å². The predicted molar refractivity (Wildman–Crippen MR) is 117 cm³/mol. The molecule has 34 heavy (non-hydrogen) atoms. The SMILES string of the molecule is CCOC(=O)C1CCC(n2c(NC(=O)c3cccc(C(F)(F)F)c3)nc3cc(F)ccc32)CC1. The van der Waals surface area contributed by atoms with Gasteiger partial charge in [0.1, 0.15) is 5.82 Å². The lowest BCUT2D eigenvalue weighted by Gasteiger charge is -2.29. The molecule has 180 valence electrons. The van der Waals surface area contributed by atoms with Crippen molar-refractivity contribution in [3.05, 3.63) is 59.4 Å². The van der Waals surface area contributed by atoms with Crippen LogP contribution in [0.3, 0.4) is 0 Å². The summed E-state index contributed by atoms with van der Waals surface area (Å²) < 4.78 is 59.9. The minimum absolute atomic E-state index is 0.114. The number of carbonyl (C=O) groups is 2. The first-order chi connectivity index (χ1) is 16.2. The van der Waals surface area contributed by atoms with Gasteiger partial charge in [0.2, 0.25) is 5.95 Å². The number of nitrogens with one attached hydrogen (secondary N) is 1. The molecule has 0 radical (unpaired) electrons. The van der Waals surface area contributed by atoms with Crippen LogP contribution in [0.1, 0.15) is 54.6 Å². The zero-order chi connectivity index (χ0) is 24.5. The summed E-state index contributed by atoms with van der Waals surface area (Å²) in [5, 5.41) is 2.60. The number of fused-ring (bicyclic) bond motifs is 1. The van der Waals surface area contributed by atoms with E-state index in [4.69, 9.17) is 4.74 Å². The van der Waals surface area contributed by atoms with E-state index in [2.05, 4.69) is 10.3 Å². The molecule has 1 saturated carbocycles. The molecule has 0 bridgehead atoms. The number of benzene rings is 2. The molecule has 0 aliphatic heterocycles. The molecule has 1 aliphatic carbocycles. The van der Waals surface area contributed by atoms with Crippen LogP contribution < -0.4 is 5.32 Å². The highest BCUT2D eigenvalue weighted by Crippen LogP contribution is 2.37. The van der Waals surface area contributed by atoms with Crippen molar-refractivity contribution in [1.29, 1.82) is 0 Å². The third kappa shape index (κ3) is 4.90. The molecule has 1 aliphatic rings. The van der Waals surface area contributed by atoms with Gasteiger partial charge in [-0.05, 0) is 62.9 Å². The van der Waals surface area contributed by atoms with Crippen LogP contribution >= 0.6 is 0 Å². The summed E-state index contributed by atoms with van der Waals surface area (Å²) >= 11 is 0. The smallest absolute Gasteiger partial charge is 0.416 e. The average Bonchev–Trinajstić information content (AvgIpc) is 3.15. The van der Waals surface area contributed by atoms with Crippen LogP contribution in [0.2, 0.25) is 0 Å². The second kappa shape index (κ2) is 9.44. The molecule has 3 aromatic rings. The monoisotopic (exact) mass is 477 g/mol. The first kappa shape index (κ1) is 23.7. The van der Waals surface area contributed by atoms with E-state index in [0.29, 0.717) is 43.3 Å². The summed E-state index contributed by atoms with van der Waals surface area (Å²) in [5.74, 6) is -1.60. The Balaban J connectivity index is 1.63. The van der Waals surface area contributed by atoms with Gasteiger partial charge in [0.15, 0.2) is 0 Å². The van der Waals surface area contributed by atoms with Crippen molar-refractivity contribution in [2.75, 3.05) is 11.9 Å². The van der Waals surface area contributed by atoms with Gasteiger partial charge in [-0.15, -0.1) is 0 Å². The van der Waals surface area contributed by atoms with Gasteiger partial charge in [0.05, 0.1) is 29.1 Å². The number of anilines is 1. The van der Waals surface area contributed by atoms with E-state index in [1.165, 1.54) is 18.2 Å². The van der Waals surface area contributed by atoms with E-state index in [1.807, 2.05) is 0 Å². The van der Waals surface area contributed by atoms with Gasteiger partial charge in [-0.1, -0.05) is 6.07 Å². The maximum atomic E-state index is 13.8. The van der Waals surface area contributed by atoms with E-state index >= 15 is 0 Å². The summed E-state index contributed by atoms with van der Waals surface area (Å²) in [4.78, 5) is 29.3. The molecule has 10 heteroatoms. The van der Waals surface area contributed by atoms with E-state index < -0.39 is 23.5 Å². The van der Waals surface area contributed by atoms with Crippen molar-refractivity contribution in [1.82, 2.24) is 9.55 Å². The Hall–Kier alpha value is -3.43. The number of carbonyl (C=O) groups excluding carboxylic acids is 2. The van der Waals surface area contributed by atoms with Crippen molar-refractivity contribution in [2.45, 2.75) is 44.8 Å². The minimum Gasteiger partial charge on any atom is -0.466 e. The van der Waals surface area contributed by atoms with Gasteiger partial charge in [0, 0.05) is 17.7 Å². The van der Waals surface area contributed by atoms with Gasteiger partial charge in [0.25, 0.3) is 5.91 Å². The third-order valence-electron chi connectivity index (χ3n) is 6.01. The Morgan fingerprint density at radius 3 is 2.53 bits per heavy atom. The van der Waals surface area contributed by atoms with Gasteiger partial charge in [-0.2, -0.15) is 13.2 Å². The van der Waals surface area contributed by atoms with Crippen molar-refractivity contribution in [2.24, 2.45) is 5.92 Å². The number of alkyl halides is 3. The number of nitrogens with zero attached hydrogens (tertiary/aromatic N) is 2. The van der Waals surface area contributed by atoms with Crippen molar-refractivity contribution >= 4 is 28.9 Å². The molecule has 1 amide bonds. The fourth-order valence-corrected chi connectivity index (χ4v) is 4.37. The number of aromatic nitrogens is 2. The molecule has 1 aromatic heterocycles. The number of hydrogen-bond donors (Lipinski definition) is 1. The first-order valence-corrected chi connectivity index (χ1v) is 11.0. The molecule has 0 spiro atoms. The number of halogens is 4. The van der Waals surface area contributed by atoms with Crippen LogP contribution in [0.25, 0.3) is 11.0 Å². The molecule has 1 N–H and O–H groups in total. The standard InChI is InChI=1S/C24H23F4N3O3/c1-2-34-22(33)14-6-9-18(10-7-14)31-20-11-8-17(25)13-19(20)29-23(31)30-21(32)15-4-3-5-16(12-15)24(26,27)28/h3-5,8,11-14,18H,2,6-7,9-10H2,1H3,(H,29,30,32). The summed E-state index contributed by atoms with van der Waals surface area (Å²) in [6.45, 7) is 2.06. The number of ether oxygens (including phenoxy) is 1. The van der Waals surface area contributed by atoms with E-state index in [0.717, 1.165) is 18.2 Å². The number of hydrogen-bond acceptors (Lipinski definition) is 4. The molecular weight excluding hydrogens is 454 g/mol. The Morgan fingerprint density at radius 1 is 1.12 bits per heavy atom. The Morgan fingerprint density at radius 2 is 1.85 bits per heavy atom. The lowest BCUT2D eigenvalue weighted by molar-refractivity contribution is -0.149. The molecule has 1 fully saturated rings. The van der Waals surface area contributed by atoms with Crippen LogP contribution in [0.4, 0.5) is 23.5 Å². The van der Waals surface area contributed by atoms with Gasteiger partial charge < -0.3 is 9.30 Å². The van der Waals surface area contributed by atoms with Crippen LogP contribution in [0.5, 0.6) is 0 Å². The lowest BCUT2D eigenvalue weighted by atomic mass is 9.86. The van der Waals surface area contributed by atoms with Crippen LogP contribution in [-0.2, 0) is 15.7 Å². The van der Waals surface area contributed by atoms with E-state index in [9.17, 15) is 27.2 Å². The van der Waals surface area contributed by atoms with E-state index in [1.54, 1.807) is 17.6 Å².